The lowest BCUT2D eigenvalue weighted by Gasteiger charge is -2.37. The van der Waals surface area contributed by atoms with E-state index in [0.29, 0.717) is 31.4 Å². The summed E-state index contributed by atoms with van der Waals surface area (Å²) >= 11 is 1.82. The second-order valence-corrected chi connectivity index (χ2v) is 8.57. The van der Waals surface area contributed by atoms with Crippen molar-refractivity contribution < 1.29 is 13.5 Å². The van der Waals surface area contributed by atoms with Gasteiger partial charge in [0, 0.05) is 43.8 Å². The van der Waals surface area contributed by atoms with Crippen LogP contribution in [0.5, 0.6) is 0 Å². The SMILES string of the molecule is CC1CN(S(=O)(=O)N2CCCC(CO)C2)CCS1. The van der Waals surface area contributed by atoms with Gasteiger partial charge in [0.25, 0.3) is 10.2 Å². The third-order valence-electron chi connectivity index (χ3n) is 3.60. The van der Waals surface area contributed by atoms with Crippen LogP contribution >= 0.6 is 11.8 Å². The predicted octanol–water partition coefficient (Wildman–Crippen LogP) is 0.373. The highest BCUT2D eigenvalue weighted by Gasteiger charge is 2.35. The normalized spacial score (nSPS) is 32.6. The number of aliphatic hydroxyl groups excluding tert-OH is 1. The molecule has 2 rings (SSSR count). The van der Waals surface area contributed by atoms with Crippen LogP contribution in [0.15, 0.2) is 0 Å². The average molecular weight is 294 g/mol. The Morgan fingerprint density at radius 1 is 1.28 bits per heavy atom. The molecule has 0 aromatic heterocycles. The van der Waals surface area contributed by atoms with Gasteiger partial charge < -0.3 is 5.11 Å². The molecule has 0 radical (unpaired) electrons. The number of hydrogen-bond acceptors (Lipinski definition) is 4. The van der Waals surface area contributed by atoms with Gasteiger partial charge in [-0.15, -0.1) is 0 Å². The predicted molar refractivity (Wildman–Crippen MR) is 73.8 cm³/mol. The van der Waals surface area contributed by atoms with Crippen molar-refractivity contribution in [1.29, 1.82) is 0 Å². The number of nitrogens with zero attached hydrogens (tertiary/aromatic N) is 2. The lowest BCUT2D eigenvalue weighted by molar-refractivity contribution is 0.161. The van der Waals surface area contributed by atoms with Crippen molar-refractivity contribution in [2.24, 2.45) is 5.92 Å². The second kappa shape index (κ2) is 6.09. The van der Waals surface area contributed by atoms with Crippen molar-refractivity contribution >= 4 is 22.0 Å². The minimum atomic E-state index is -3.32. The Hall–Kier alpha value is 0.180. The summed E-state index contributed by atoms with van der Waals surface area (Å²) < 4.78 is 28.2. The molecule has 2 unspecified atom stereocenters. The van der Waals surface area contributed by atoms with Crippen LogP contribution < -0.4 is 0 Å². The monoisotopic (exact) mass is 294 g/mol. The molecule has 2 aliphatic rings. The zero-order valence-corrected chi connectivity index (χ0v) is 12.4. The fourth-order valence-corrected chi connectivity index (χ4v) is 5.59. The standard InChI is InChI=1S/C11H22N2O3S2/c1-10-7-13(5-6-17-10)18(15,16)12-4-2-3-11(8-12)9-14/h10-11,14H,2-9H2,1H3. The Morgan fingerprint density at radius 3 is 2.67 bits per heavy atom. The smallest absolute Gasteiger partial charge is 0.282 e. The summed E-state index contributed by atoms with van der Waals surface area (Å²) in [5.74, 6) is 0.975. The first-order valence-electron chi connectivity index (χ1n) is 6.51. The highest BCUT2D eigenvalue weighted by Crippen LogP contribution is 2.25. The summed E-state index contributed by atoms with van der Waals surface area (Å²) in [6.45, 7) is 4.43. The Labute approximate surface area is 114 Å². The van der Waals surface area contributed by atoms with E-state index < -0.39 is 10.2 Å². The maximum atomic E-state index is 12.5. The van der Waals surface area contributed by atoms with Crippen LogP contribution in [0, 0.1) is 5.92 Å². The van der Waals surface area contributed by atoms with Gasteiger partial charge in [0.05, 0.1) is 0 Å². The van der Waals surface area contributed by atoms with Gasteiger partial charge in [-0.3, -0.25) is 0 Å². The summed E-state index contributed by atoms with van der Waals surface area (Å²) in [7, 11) is -3.32. The molecular formula is C11H22N2O3S2. The third kappa shape index (κ3) is 3.19. The third-order valence-corrected chi connectivity index (χ3v) is 6.70. The highest BCUT2D eigenvalue weighted by atomic mass is 32.2. The van der Waals surface area contributed by atoms with E-state index in [1.54, 1.807) is 8.61 Å². The Balaban J connectivity index is 2.05. The van der Waals surface area contributed by atoms with Crippen LogP contribution in [0.4, 0.5) is 0 Å². The molecule has 0 spiro atoms. The number of aliphatic hydroxyl groups is 1. The quantitative estimate of drug-likeness (QED) is 0.817. The van der Waals surface area contributed by atoms with Gasteiger partial charge in [-0.1, -0.05) is 6.92 Å². The first-order valence-corrected chi connectivity index (χ1v) is 8.96. The molecule has 18 heavy (non-hydrogen) atoms. The summed E-state index contributed by atoms with van der Waals surface area (Å²) in [5.41, 5.74) is 0. The molecular weight excluding hydrogens is 272 g/mol. The molecule has 106 valence electrons. The van der Waals surface area contributed by atoms with Crippen molar-refractivity contribution in [3.8, 4) is 0 Å². The van der Waals surface area contributed by atoms with Crippen LogP contribution in [-0.4, -0.2) is 65.9 Å². The van der Waals surface area contributed by atoms with Gasteiger partial charge in [-0.25, -0.2) is 0 Å². The molecule has 2 fully saturated rings. The molecule has 0 aromatic rings. The number of piperidine rings is 1. The van der Waals surface area contributed by atoms with Gasteiger partial charge in [-0.05, 0) is 18.8 Å². The van der Waals surface area contributed by atoms with Crippen molar-refractivity contribution in [3.63, 3.8) is 0 Å². The molecule has 2 saturated heterocycles. The summed E-state index contributed by atoms with van der Waals surface area (Å²) in [6, 6.07) is 0. The van der Waals surface area contributed by atoms with E-state index in [0.717, 1.165) is 18.6 Å². The van der Waals surface area contributed by atoms with Gasteiger partial charge in [0.2, 0.25) is 0 Å². The fourth-order valence-electron chi connectivity index (χ4n) is 2.54. The second-order valence-electron chi connectivity index (χ2n) is 5.10. The summed E-state index contributed by atoms with van der Waals surface area (Å²) in [5, 5.41) is 9.56. The van der Waals surface area contributed by atoms with Gasteiger partial charge in [-0.2, -0.15) is 28.8 Å². The number of rotatable bonds is 3. The van der Waals surface area contributed by atoms with Crippen LogP contribution in [-0.2, 0) is 10.2 Å². The largest absolute Gasteiger partial charge is 0.396 e. The van der Waals surface area contributed by atoms with E-state index in [2.05, 4.69) is 6.92 Å². The lowest BCUT2D eigenvalue weighted by atomic mass is 10.0. The van der Waals surface area contributed by atoms with Crippen molar-refractivity contribution in [2.75, 3.05) is 38.5 Å². The van der Waals surface area contributed by atoms with Crippen molar-refractivity contribution in [1.82, 2.24) is 8.61 Å². The van der Waals surface area contributed by atoms with Crippen LogP contribution in [0.2, 0.25) is 0 Å². The molecule has 1 N–H and O–H groups in total. The van der Waals surface area contributed by atoms with E-state index in [1.807, 2.05) is 11.8 Å². The van der Waals surface area contributed by atoms with Crippen LogP contribution in [0.3, 0.4) is 0 Å². The van der Waals surface area contributed by atoms with E-state index in [1.165, 1.54) is 0 Å². The molecule has 0 aromatic carbocycles. The summed E-state index contributed by atoms with van der Waals surface area (Å²) in [4.78, 5) is 0. The molecule has 5 nitrogen and oxygen atoms in total. The first-order chi connectivity index (χ1) is 8.54. The van der Waals surface area contributed by atoms with Gasteiger partial charge >= 0.3 is 0 Å². The van der Waals surface area contributed by atoms with E-state index in [4.69, 9.17) is 0 Å². The van der Waals surface area contributed by atoms with E-state index in [-0.39, 0.29) is 12.5 Å². The Morgan fingerprint density at radius 2 is 2.00 bits per heavy atom. The average Bonchev–Trinajstić information content (AvgIpc) is 2.39. The number of thioether (sulfide) groups is 1. The zero-order valence-electron chi connectivity index (χ0n) is 10.8. The lowest BCUT2D eigenvalue weighted by Crippen LogP contribution is -2.51. The highest BCUT2D eigenvalue weighted by molar-refractivity contribution is 8.00. The first kappa shape index (κ1) is 14.6. The zero-order chi connectivity index (χ0) is 13.2. The van der Waals surface area contributed by atoms with Crippen LogP contribution in [0.1, 0.15) is 19.8 Å². The van der Waals surface area contributed by atoms with Crippen LogP contribution in [0.25, 0.3) is 0 Å². The molecule has 2 aliphatic heterocycles. The minimum Gasteiger partial charge on any atom is -0.396 e. The molecule has 7 heteroatoms. The molecule has 2 atom stereocenters. The molecule has 0 aliphatic carbocycles. The van der Waals surface area contributed by atoms with Crippen molar-refractivity contribution in [3.05, 3.63) is 0 Å². The number of hydrogen-bond donors (Lipinski definition) is 1. The van der Waals surface area contributed by atoms with E-state index in [9.17, 15) is 13.5 Å². The molecule has 0 saturated carbocycles. The Kier molecular flexibility index (Phi) is 4.93. The molecule has 0 amide bonds. The van der Waals surface area contributed by atoms with Gasteiger partial charge in [0.15, 0.2) is 0 Å². The van der Waals surface area contributed by atoms with E-state index >= 15 is 0 Å². The molecule has 0 bridgehead atoms. The summed E-state index contributed by atoms with van der Waals surface area (Å²) in [6.07, 6.45) is 1.78. The maximum Gasteiger partial charge on any atom is 0.282 e. The Bertz CT molecular complexity index is 374. The molecule has 2 heterocycles. The van der Waals surface area contributed by atoms with Crippen molar-refractivity contribution in [2.45, 2.75) is 25.0 Å². The minimum absolute atomic E-state index is 0.0816. The maximum absolute atomic E-state index is 12.5. The fraction of sp³-hybridized carbons (Fsp3) is 1.00. The topological polar surface area (TPSA) is 60.9 Å². The van der Waals surface area contributed by atoms with Gasteiger partial charge in [0.1, 0.15) is 0 Å².